The summed E-state index contributed by atoms with van der Waals surface area (Å²) in [6.45, 7) is 3.25. The van der Waals surface area contributed by atoms with Gasteiger partial charge in [-0.05, 0) is 13.0 Å². The summed E-state index contributed by atoms with van der Waals surface area (Å²) in [5.74, 6) is -0.605. The molecule has 1 aromatic carbocycles. The number of aryl methyl sites for hydroxylation is 1. The minimum atomic E-state index is -0.523. The molecule has 0 bridgehead atoms. The Morgan fingerprint density at radius 2 is 2.05 bits per heavy atom. The standard InChI is InChI=1S/C15H17N3O4/c1-8-16-11-4-5-18(7-10(11)15(22)17-8)6-9-2-3-12(19)14(21)13(9)20/h2-3,19-21H,4-7H2,1H3,(H,16,17,22). The molecule has 1 aliphatic rings. The van der Waals surface area contributed by atoms with E-state index in [0.717, 1.165) is 5.69 Å². The van der Waals surface area contributed by atoms with Crippen molar-refractivity contribution < 1.29 is 15.3 Å². The number of aromatic amines is 1. The number of phenolic OH excluding ortho intramolecular Hbond substituents is 3. The molecule has 2 heterocycles. The number of hydrogen-bond donors (Lipinski definition) is 4. The first kappa shape index (κ1) is 14.4. The smallest absolute Gasteiger partial charge is 0.255 e. The van der Waals surface area contributed by atoms with E-state index in [1.165, 1.54) is 6.07 Å². The predicted molar refractivity (Wildman–Crippen MR) is 78.8 cm³/mol. The van der Waals surface area contributed by atoms with Crippen LogP contribution in [0.5, 0.6) is 17.2 Å². The predicted octanol–water partition coefficient (Wildman–Crippen LogP) is 0.753. The quantitative estimate of drug-likeness (QED) is 0.610. The van der Waals surface area contributed by atoms with E-state index in [2.05, 4.69) is 9.97 Å². The molecule has 0 fully saturated rings. The third-order valence-electron chi connectivity index (χ3n) is 3.87. The molecule has 2 aromatic rings. The number of aromatic nitrogens is 2. The molecular weight excluding hydrogens is 286 g/mol. The van der Waals surface area contributed by atoms with Crippen LogP contribution in [0.1, 0.15) is 22.6 Å². The maximum absolute atomic E-state index is 12.0. The molecule has 0 saturated heterocycles. The van der Waals surface area contributed by atoms with E-state index in [4.69, 9.17) is 0 Å². The third kappa shape index (κ3) is 2.50. The molecule has 7 heteroatoms. The molecule has 0 unspecified atom stereocenters. The van der Waals surface area contributed by atoms with Gasteiger partial charge in [-0.25, -0.2) is 4.98 Å². The lowest BCUT2D eigenvalue weighted by Crippen LogP contribution is -2.35. The first-order valence-electron chi connectivity index (χ1n) is 6.99. The number of benzene rings is 1. The average molecular weight is 303 g/mol. The van der Waals surface area contributed by atoms with Gasteiger partial charge in [0.1, 0.15) is 5.82 Å². The van der Waals surface area contributed by atoms with Gasteiger partial charge in [0, 0.05) is 31.6 Å². The van der Waals surface area contributed by atoms with Crippen LogP contribution in [0.25, 0.3) is 0 Å². The average Bonchev–Trinajstić information content (AvgIpc) is 2.48. The van der Waals surface area contributed by atoms with Gasteiger partial charge < -0.3 is 20.3 Å². The number of H-pyrrole nitrogens is 1. The van der Waals surface area contributed by atoms with Crippen molar-refractivity contribution in [2.75, 3.05) is 6.54 Å². The van der Waals surface area contributed by atoms with Crippen LogP contribution in [-0.4, -0.2) is 36.7 Å². The molecule has 116 valence electrons. The highest BCUT2D eigenvalue weighted by Gasteiger charge is 2.22. The van der Waals surface area contributed by atoms with Crippen molar-refractivity contribution in [2.45, 2.75) is 26.4 Å². The summed E-state index contributed by atoms with van der Waals surface area (Å²) in [7, 11) is 0. The highest BCUT2D eigenvalue weighted by atomic mass is 16.3. The molecular formula is C15H17N3O4. The molecule has 4 N–H and O–H groups in total. The maximum Gasteiger partial charge on any atom is 0.255 e. The van der Waals surface area contributed by atoms with Gasteiger partial charge in [0.05, 0.1) is 11.3 Å². The second-order valence-electron chi connectivity index (χ2n) is 5.48. The van der Waals surface area contributed by atoms with Crippen molar-refractivity contribution in [1.29, 1.82) is 0 Å². The van der Waals surface area contributed by atoms with Gasteiger partial charge in [-0.2, -0.15) is 0 Å². The SMILES string of the molecule is Cc1nc2c(c(=O)[nH]1)CN(Cc1ccc(O)c(O)c1O)CC2. The summed E-state index contributed by atoms with van der Waals surface area (Å²) in [5.41, 5.74) is 1.81. The highest BCUT2D eigenvalue weighted by Crippen LogP contribution is 2.37. The van der Waals surface area contributed by atoms with Crippen LogP contribution in [0, 0.1) is 6.92 Å². The molecule has 0 saturated carbocycles. The highest BCUT2D eigenvalue weighted by molar-refractivity contribution is 5.53. The Morgan fingerprint density at radius 1 is 1.27 bits per heavy atom. The van der Waals surface area contributed by atoms with Crippen molar-refractivity contribution in [3.8, 4) is 17.2 Å². The van der Waals surface area contributed by atoms with Crippen molar-refractivity contribution >= 4 is 0 Å². The lowest BCUT2D eigenvalue weighted by Gasteiger charge is -2.27. The van der Waals surface area contributed by atoms with Crippen molar-refractivity contribution in [1.82, 2.24) is 14.9 Å². The Morgan fingerprint density at radius 3 is 2.82 bits per heavy atom. The van der Waals surface area contributed by atoms with Crippen LogP contribution < -0.4 is 5.56 Å². The van der Waals surface area contributed by atoms with Gasteiger partial charge in [-0.3, -0.25) is 9.69 Å². The number of rotatable bonds is 2. The molecule has 1 aliphatic heterocycles. The fraction of sp³-hybridized carbons (Fsp3) is 0.333. The molecule has 0 radical (unpaired) electrons. The van der Waals surface area contributed by atoms with E-state index in [1.54, 1.807) is 13.0 Å². The summed E-state index contributed by atoms with van der Waals surface area (Å²) >= 11 is 0. The van der Waals surface area contributed by atoms with Crippen LogP contribution >= 0.6 is 0 Å². The van der Waals surface area contributed by atoms with Crippen molar-refractivity contribution in [3.63, 3.8) is 0 Å². The minimum Gasteiger partial charge on any atom is -0.504 e. The monoisotopic (exact) mass is 303 g/mol. The van der Waals surface area contributed by atoms with Crippen LogP contribution in [0.2, 0.25) is 0 Å². The van der Waals surface area contributed by atoms with E-state index >= 15 is 0 Å². The Kier molecular flexibility index (Phi) is 3.50. The van der Waals surface area contributed by atoms with Gasteiger partial charge in [-0.15, -0.1) is 0 Å². The summed E-state index contributed by atoms with van der Waals surface area (Å²) in [6.07, 6.45) is 0.658. The number of fused-ring (bicyclic) bond motifs is 1. The molecule has 0 spiro atoms. The fourth-order valence-electron chi connectivity index (χ4n) is 2.72. The molecule has 7 nitrogen and oxygen atoms in total. The van der Waals surface area contributed by atoms with Gasteiger partial charge >= 0.3 is 0 Å². The number of aromatic hydroxyl groups is 3. The number of hydrogen-bond acceptors (Lipinski definition) is 6. The molecule has 0 amide bonds. The topological polar surface area (TPSA) is 110 Å². The van der Waals surface area contributed by atoms with E-state index in [0.29, 0.717) is 43.0 Å². The summed E-state index contributed by atoms with van der Waals surface area (Å²) in [5, 5.41) is 28.8. The Labute approximate surface area is 126 Å². The molecule has 3 rings (SSSR count). The van der Waals surface area contributed by atoms with Gasteiger partial charge in [0.25, 0.3) is 5.56 Å². The molecule has 1 aromatic heterocycles. The third-order valence-corrected chi connectivity index (χ3v) is 3.87. The second-order valence-corrected chi connectivity index (χ2v) is 5.48. The zero-order valence-corrected chi connectivity index (χ0v) is 12.1. The minimum absolute atomic E-state index is 0.134. The Bertz CT molecular complexity index is 785. The lowest BCUT2D eigenvalue weighted by molar-refractivity contribution is 0.237. The van der Waals surface area contributed by atoms with Gasteiger partial charge in [0.15, 0.2) is 11.5 Å². The summed E-state index contributed by atoms with van der Waals surface area (Å²) in [6, 6.07) is 2.89. The first-order valence-corrected chi connectivity index (χ1v) is 6.99. The van der Waals surface area contributed by atoms with Crippen LogP contribution in [0.15, 0.2) is 16.9 Å². The summed E-state index contributed by atoms with van der Waals surface area (Å²) in [4.78, 5) is 21.0. The molecule has 0 atom stereocenters. The van der Waals surface area contributed by atoms with E-state index in [1.807, 2.05) is 4.90 Å². The van der Waals surface area contributed by atoms with Crippen molar-refractivity contribution in [3.05, 3.63) is 45.1 Å². The normalized spacial score (nSPS) is 14.8. The van der Waals surface area contributed by atoms with Gasteiger partial charge in [-0.1, -0.05) is 6.07 Å². The number of nitrogens with one attached hydrogen (secondary N) is 1. The Hall–Kier alpha value is -2.54. The summed E-state index contributed by atoms with van der Waals surface area (Å²) < 4.78 is 0. The maximum atomic E-state index is 12.0. The van der Waals surface area contributed by atoms with E-state index in [-0.39, 0.29) is 17.1 Å². The second kappa shape index (κ2) is 5.34. The zero-order valence-electron chi connectivity index (χ0n) is 12.1. The van der Waals surface area contributed by atoms with E-state index < -0.39 is 5.75 Å². The first-order chi connectivity index (χ1) is 10.5. The van der Waals surface area contributed by atoms with Gasteiger partial charge in [0.2, 0.25) is 5.75 Å². The van der Waals surface area contributed by atoms with Crippen LogP contribution in [0.3, 0.4) is 0 Å². The lowest BCUT2D eigenvalue weighted by atomic mass is 10.1. The molecule has 22 heavy (non-hydrogen) atoms. The van der Waals surface area contributed by atoms with E-state index in [9.17, 15) is 20.1 Å². The van der Waals surface area contributed by atoms with Crippen molar-refractivity contribution in [2.24, 2.45) is 0 Å². The zero-order chi connectivity index (χ0) is 15.9. The largest absolute Gasteiger partial charge is 0.504 e. The fourth-order valence-corrected chi connectivity index (χ4v) is 2.72. The number of nitrogens with zero attached hydrogens (tertiary/aromatic N) is 2. The Balaban J connectivity index is 1.84. The van der Waals surface area contributed by atoms with Crippen LogP contribution in [-0.2, 0) is 19.5 Å². The molecule has 0 aliphatic carbocycles. The number of phenols is 3. The van der Waals surface area contributed by atoms with Crippen LogP contribution in [0.4, 0.5) is 0 Å².